The quantitative estimate of drug-likeness (QED) is 0.649. The van der Waals surface area contributed by atoms with Crippen molar-refractivity contribution in [2.45, 2.75) is 26.0 Å². The van der Waals surface area contributed by atoms with Crippen LogP contribution in [-0.4, -0.2) is 39.5 Å². The summed E-state index contributed by atoms with van der Waals surface area (Å²) in [5.41, 5.74) is 0. The summed E-state index contributed by atoms with van der Waals surface area (Å²) in [6, 6.07) is 0. The third-order valence-corrected chi connectivity index (χ3v) is 3.18. The minimum absolute atomic E-state index is 0.292. The van der Waals surface area contributed by atoms with Crippen LogP contribution in [0.4, 0.5) is 0 Å². The molecule has 0 aliphatic heterocycles. The normalized spacial score (nSPS) is 15.4. The van der Waals surface area contributed by atoms with Crippen molar-refractivity contribution < 1.29 is 18.8 Å². The Balaban J connectivity index is 3.59. The minimum atomic E-state index is -1.33. The molecule has 0 spiro atoms. The number of carboxylic acid groups (broad SMARTS) is 1. The highest BCUT2D eigenvalue weighted by Crippen LogP contribution is 1.98. The van der Waals surface area contributed by atoms with Crippen LogP contribution in [0.5, 0.6) is 0 Å². The van der Waals surface area contributed by atoms with Crippen LogP contribution in [0.2, 0.25) is 0 Å². The third kappa shape index (κ3) is 6.10. The Morgan fingerprint density at radius 2 is 2.00 bits per heavy atom. The van der Waals surface area contributed by atoms with E-state index in [0.29, 0.717) is 24.9 Å². The van der Waals surface area contributed by atoms with E-state index < -0.39 is 22.0 Å². The SMILES string of the molecule is CC(C)COCCS(=O)C(C)C(=O)O. The molecular formula is C9H18O4S. The lowest BCUT2D eigenvalue weighted by Crippen LogP contribution is -2.25. The lowest BCUT2D eigenvalue weighted by molar-refractivity contribution is -0.136. The summed E-state index contributed by atoms with van der Waals surface area (Å²) in [5, 5.41) is 7.76. The first kappa shape index (κ1) is 13.6. The first-order valence-electron chi connectivity index (χ1n) is 4.63. The van der Waals surface area contributed by atoms with Crippen LogP contribution in [-0.2, 0) is 20.3 Å². The van der Waals surface area contributed by atoms with E-state index in [1.165, 1.54) is 6.92 Å². The molecule has 0 aliphatic carbocycles. The predicted octanol–water partition coefficient (Wildman–Crippen LogP) is 0.881. The van der Waals surface area contributed by atoms with Gasteiger partial charge in [0, 0.05) is 23.2 Å². The highest BCUT2D eigenvalue weighted by atomic mass is 32.2. The van der Waals surface area contributed by atoms with Gasteiger partial charge in [-0.2, -0.15) is 0 Å². The molecule has 0 aliphatic rings. The summed E-state index contributed by atoms with van der Waals surface area (Å²) in [7, 11) is -1.33. The third-order valence-electron chi connectivity index (χ3n) is 1.62. The fourth-order valence-corrected chi connectivity index (χ4v) is 1.61. The van der Waals surface area contributed by atoms with E-state index in [9.17, 15) is 9.00 Å². The van der Waals surface area contributed by atoms with Crippen LogP contribution in [0, 0.1) is 5.92 Å². The fraction of sp³-hybridized carbons (Fsp3) is 0.889. The van der Waals surface area contributed by atoms with Crippen LogP contribution < -0.4 is 0 Å². The van der Waals surface area contributed by atoms with E-state index >= 15 is 0 Å². The molecule has 0 heterocycles. The maximum absolute atomic E-state index is 11.3. The maximum Gasteiger partial charge on any atom is 0.318 e. The van der Waals surface area contributed by atoms with Gasteiger partial charge in [0.25, 0.3) is 0 Å². The standard InChI is InChI=1S/C9H18O4S/c1-7(2)6-13-4-5-14(12)8(3)9(10)11/h7-8H,4-6H2,1-3H3,(H,10,11). The van der Waals surface area contributed by atoms with Gasteiger partial charge in [0.15, 0.2) is 0 Å². The highest BCUT2D eigenvalue weighted by Gasteiger charge is 2.18. The van der Waals surface area contributed by atoms with Crippen molar-refractivity contribution in [1.29, 1.82) is 0 Å². The Morgan fingerprint density at radius 1 is 1.43 bits per heavy atom. The summed E-state index contributed by atoms with van der Waals surface area (Å²) < 4.78 is 16.5. The van der Waals surface area contributed by atoms with Gasteiger partial charge in [0.05, 0.1) is 6.61 Å². The van der Waals surface area contributed by atoms with Crippen molar-refractivity contribution in [2.75, 3.05) is 19.0 Å². The summed E-state index contributed by atoms with van der Waals surface area (Å²) in [5.74, 6) is -0.285. The second-order valence-electron chi connectivity index (χ2n) is 3.53. The molecule has 0 aromatic heterocycles. The first-order chi connectivity index (χ1) is 6.45. The molecule has 0 rings (SSSR count). The van der Waals surface area contributed by atoms with E-state index in [4.69, 9.17) is 9.84 Å². The van der Waals surface area contributed by atoms with Crippen molar-refractivity contribution in [3.8, 4) is 0 Å². The molecule has 0 bridgehead atoms. The second kappa shape index (κ2) is 6.95. The van der Waals surface area contributed by atoms with Crippen LogP contribution in [0.15, 0.2) is 0 Å². The van der Waals surface area contributed by atoms with Crippen molar-refractivity contribution in [2.24, 2.45) is 5.92 Å². The Kier molecular flexibility index (Phi) is 6.74. The summed E-state index contributed by atoms with van der Waals surface area (Å²) in [6.07, 6.45) is 0. The number of hydrogen-bond acceptors (Lipinski definition) is 3. The highest BCUT2D eigenvalue weighted by molar-refractivity contribution is 7.86. The Morgan fingerprint density at radius 3 is 2.43 bits per heavy atom. The Hall–Kier alpha value is -0.420. The summed E-state index contributed by atoms with van der Waals surface area (Å²) >= 11 is 0. The van der Waals surface area contributed by atoms with E-state index in [1.54, 1.807) is 0 Å². The average molecular weight is 222 g/mol. The van der Waals surface area contributed by atoms with E-state index in [2.05, 4.69) is 0 Å². The molecule has 0 saturated heterocycles. The zero-order chi connectivity index (χ0) is 11.1. The molecule has 14 heavy (non-hydrogen) atoms. The Labute approximate surface area is 87.1 Å². The summed E-state index contributed by atoms with van der Waals surface area (Å²) in [6.45, 7) is 6.48. The molecular weight excluding hydrogens is 204 g/mol. The molecule has 5 heteroatoms. The van der Waals surface area contributed by atoms with Gasteiger partial charge in [-0.25, -0.2) is 0 Å². The molecule has 84 valence electrons. The van der Waals surface area contributed by atoms with Crippen LogP contribution in [0.25, 0.3) is 0 Å². The van der Waals surface area contributed by atoms with Crippen LogP contribution in [0.3, 0.4) is 0 Å². The van der Waals surface area contributed by atoms with E-state index in [1.807, 2.05) is 13.8 Å². The van der Waals surface area contributed by atoms with Crippen LogP contribution >= 0.6 is 0 Å². The molecule has 1 N–H and O–H groups in total. The number of carbonyl (C=O) groups is 1. The smallest absolute Gasteiger partial charge is 0.318 e. The van der Waals surface area contributed by atoms with Gasteiger partial charge in [-0.15, -0.1) is 0 Å². The minimum Gasteiger partial charge on any atom is -0.480 e. The van der Waals surface area contributed by atoms with Crippen molar-refractivity contribution in [3.05, 3.63) is 0 Å². The van der Waals surface area contributed by atoms with Gasteiger partial charge in [0.2, 0.25) is 0 Å². The molecule has 0 fully saturated rings. The summed E-state index contributed by atoms with van der Waals surface area (Å²) in [4.78, 5) is 10.4. The van der Waals surface area contributed by atoms with Gasteiger partial charge in [0.1, 0.15) is 5.25 Å². The number of ether oxygens (including phenoxy) is 1. The zero-order valence-electron chi connectivity index (χ0n) is 8.86. The van der Waals surface area contributed by atoms with Gasteiger partial charge >= 0.3 is 5.97 Å². The zero-order valence-corrected chi connectivity index (χ0v) is 9.67. The molecule has 2 unspecified atom stereocenters. The lowest BCUT2D eigenvalue weighted by Gasteiger charge is -2.08. The number of rotatable bonds is 7. The van der Waals surface area contributed by atoms with Crippen LogP contribution in [0.1, 0.15) is 20.8 Å². The number of aliphatic carboxylic acids is 1. The largest absolute Gasteiger partial charge is 0.480 e. The van der Waals surface area contributed by atoms with E-state index in [-0.39, 0.29) is 0 Å². The topological polar surface area (TPSA) is 63.6 Å². The molecule has 0 aromatic carbocycles. The Bertz CT molecular complexity index is 203. The molecule has 0 amide bonds. The predicted molar refractivity (Wildman–Crippen MR) is 55.8 cm³/mol. The lowest BCUT2D eigenvalue weighted by atomic mass is 10.2. The first-order valence-corrected chi connectivity index (χ1v) is 6.01. The maximum atomic E-state index is 11.3. The number of hydrogen-bond donors (Lipinski definition) is 1. The van der Waals surface area contributed by atoms with Crippen molar-refractivity contribution in [3.63, 3.8) is 0 Å². The van der Waals surface area contributed by atoms with Crippen molar-refractivity contribution >= 4 is 16.8 Å². The van der Waals surface area contributed by atoms with Gasteiger partial charge < -0.3 is 9.84 Å². The van der Waals surface area contributed by atoms with Gasteiger partial charge in [-0.3, -0.25) is 9.00 Å². The fourth-order valence-electron chi connectivity index (χ4n) is 0.749. The molecule has 2 atom stereocenters. The second-order valence-corrected chi connectivity index (χ2v) is 5.41. The molecule has 4 nitrogen and oxygen atoms in total. The van der Waals surface area contributed by atoms with E-state index in [0.717, 1.165) is 0 Å². The molecule has 0 aromatic rings. The monoisotopic (exact) mass is 222 g/mol. The number of carboxylic acids is 1. The van der Waals surface area contributed by atoms with Crippen molar-refractivity contribution in [1.82, 2.24) is 0 Å². The average Bonchev–Trinajstić information content (AvgIpc) is 2.10. The van der Waals surface area contributed by atoms with Gasteiger partial charge in [-0.1, -0.05) is 13.8 Å². The molecule has 0 radical (unpaired) electrons. The van der Waals surface area contributed by atoms with Gasteiger partial charge in [-0.05, 0) is 12.8 Å². The molecule has 0 saturated carbocycles.